The van der Waals surface area contributed by atoms with Gasteiger partial charge < -0.3 is 5.43 Å². The molecule has 0 saturated carbocycles. The van der Waals surface area contributed by atoms with Gasteiger partial charge in [0.25, 0.3) is 10.0 Å². The zero-order valence-electron chi connectivity index (χ0n) is 10.3. The van der Waals surface area contributed by atoms with E-state index in [1.54, 1.807) is 5.01 Å². The lowest BCUT2D eigenvalue weighted by Crippen LogP contribution is -2.45. The molecule has 4 N–H and O–H groups in total. The van der Waals surface area contributed by atoms with Crippen LogP contribution in [0.15, 0.2) is 21.6 Å². The summed E-state index contributed by atoms with van der Waals surface area (Å²) in [7, 11) is -3.68. The Morgan fingerprint density at radius 1 is 1.32 bits per heavy atom. The molecule has 1 aliphatic heterocycles. The van der Waals surface area contributed by atoms with Crippen LogP contribution in [-0.2, 0) is 10.0 Å². The van der Waals surface area contributed by atoms with Crippen LogP contribution in [-0.4, -0.2) is 31.5 Å². The van der Waals surface area contributed by atoms with E-state index in [9.17, 15) is 8.42 Å². The molecule has 2 rings (SSSR count). The van der Waals surface area contributed by atoms with Crippen molar-refractivity contribution in [3.05, 3.63) is 16.7 Å². The van der Waals surface area contributed by atoms with Crippen molar-refractivity contribution in [3.63, 3.8) is 0 Å². The van der Waals surface area contributed by atoms with Gasteiger partial charge in [-0.3, -0.25) is 0 Å². The lowest BCUT2D eigenvalue weighted by molar-refractivity contribution is 0.200. The van der Waals surface area contributed by atoms with E-state index >= 15 is 0 Å². The first kappa shape index (κ1) is 14.7. The van der Waals surface area contributed by atoms with Gasteiger partial charge in [-0.1, -0.05) is 6.42 Å². The molecule has 0 bridgehead atoms. The predicted molar refractivity (Wildman–Crippen MR) is 75.5 cm³/mol. The van der Waals surface area contributed by atoms with Crippen LogP contribution in [0.1, 0.15) is 19.3 Å². The molecule has 7 nitrogen and oxygen atoms in total. The molecular weight excluding hydrogens is 334 g/mol. The highest BCUT2D eigenvalue weighted by atomic mass is 79.9. The van der Waals surface area contributed by atoms with Gasteiger partial charge in [0.15, 0.2) is 5.82 Å². The van der Waals surface area contributed by atoms with Crippen LogP contribution in [0.25, 0.3) is 0 Å². The molecule has 106 valence electrons. The summed E-state index contributed by atoms with van der Waals surface area (Å²) in [5.41, 5.74) is 2.30. The van der Waals surface area contributed by atoms with E-state index in [2.05, 4.69) is 31.2 Å². The van der Waals surface area contributed by atoms with E-state index in [0.29, 0.717) is 17.6 Å². The van der Waals surface area contributed by atoms with Crippen molar-refractivity contribution < 1.29 is 8.42 Å². The Kier molecular flexibility index (Phi) is 4.74. The van der Waals surface area contributed by atoms with Crippen LogP contribution in [0.2, 0.25) is 0 Å². The highest BCUT2D eigenvalue weighted by molar-refractivity contribution is 9.10. The Morgan fingerprint density at radius 3 is 2.63 bits per heavy atom. The average molecular weight is 350 g/mol. The van der Waals surface area contributed by atoms with Crippen LogP contribution in [0.5, 0.6) is 0 Å². The van der Waals surface area contributed by atoms with Crippen LogP contribution in [0.3, 0.4) is 0 Å². The lowest BCUT2D eigenvalue weighted by Gasteiger charge is -2.26. The Hall–Kier alpha value is -0.740. The van der Waals surface area contributed by atoms with Gasteiger partial charge in [0, 0.05) is 23.8 Å². The zero-order valence-corrected chi connectivity index (χ0v) is 12.7. The van der Waals surface area contributed by atoms with E-state index < -0.39 is 10.0 Å². The maximum absolute atomic E-state index is 12.3. The van der Waals surface area contributed by atoms with Gasteiger partial charge in [0.1, 0.15) is 4.90 Å². The number of nitrogens with two attached hydrogens (primary N) is 1. The summed E-state index contributed by atoms with van der Waals surface area (Å²) < 4.78 is 25.2. The molecule has 1 saturated heterocycles. The first-order chi connectivity index (χ1) is 9.03. The Bertz CT molecular complexity index is 545. The third kappa shape index (κ3) is 3.63. The maximum Gasteiger partial charge on any atom is 0.257 e. The van der Waals surface area contributed by atoms with Crippen LogP contribution in [0, 0.1) is 0 Å². The van der Waals surface area contributed by atoms with Gasteiger partial charge in [-0.2, -0.15) is 0 Å². The topological polar surface area (TPSA) is 100 Å². The normalized spacial score (nSPS) is 17.4. The van der Waals surface area contributed by atoms with Crippen LogP contribution < -0.4 is 16.1 Å². The number of rotatable bonds is 4. The fourth-order valence-electron chi connectivity index (χ4n) is 1.94. The summed E-state index contributed by atoms with van der Waals surface area (Å²) in [5.74, 6) is 5.42. The van der Waals surface area contributed by atoms with Gasteiger partial charge in [-0.15, -0.1) is 4.83 Å². The van der Waals surface area contributed by atoms with Crippen LogP contribution >= 0.6 is 15.9 Å². The van der Waals surface area contributed by atoms with Gasteiger partial charge >= 0.3 is 0 Å². The summed E-state index contributed by atoms with van der Waals surface area (Å²) in [6.07, 6.45) is 4.59. The number of aromatic nitrogens is 1. The van der Waals surface area contributed by atoms with Crippen molar-refractivity contribution in [1.29, 1.82) is 0 Å². The Labute approximate surface area is 120 Å². The summed E-state index contributed by atoms with van der Waals surface area (Å²) in [6.45, 7) is 1.43. The molecule has 9 heteroatoms. The second-order valence-electron chi connectivity index (χ2n) is 4.29. The quantitative estimate of drug-likeness (QED) is 0.549. The lowest BCUT2D eigenvalue weighted by atomic mass is 10.2. The number of pyridine rings is 1. The number of nitrogens with one attached hydrogen (secondary N) is 2. The van der Waals surface area contributed by atoms with E-state index in [1.807, 2.05) is 0 Å². The minimum Gasteiger partial charge on any atom is -0.307 e. The number of hydrogen-bond donors (Lipinski definition) is 3. The number of piperidine rings is 1. The smallest absolute Gasteiger partial charge is 0.257 e. The monoisotopic (exact) mass is 349 g/mol. The molecule has 0 spiro atoms. The number of sulfonamides is 1. The molecular formula is C10H16BrN5O2S. The fraction of sp³-hybridized carbons (Fsp3) is 0.500. The molecule has 1 aromatic heterocycles. The van der Waals surface area contributed by atoms with Gasteiger partial charge in [0.05, 0.1) is 0 Å². The molecule has 0 unspecified atom stereocenters. The number of nitrogens with zero attached hydrogens (tertiary/aromatic N) is 2. The van der Waals surface area contributed by atoms with Crippen LogP contribution in [0.4, 0.5) is 5.82 Å². The molecule has 2 heterocycles. The average Bonchev–Trinajstić information content (AvgIpc) is 2.39. The molecule has 0 aromatic carbocycles. The summed E-state index contributed by atoms with van der Waals surface area (Å²) in [6, 6.07) is 1.47. The van der Waals surface area contributed by atoms with Crippen molar-refractivity contribution >= 4 is 31.8 Å². The number of hydrazine groups is 2. The summed E-state index contributed by atoms with van der Waals surface area (Å²) in [5, 5.41) is 1.71. The third-order valence-corrected chi connectivity index (χ3v) is 4.67. The second kappa shape index (κ2) is 6.14. The molecule has 1 aromatic rings. The predicted octanol–water partition coefficient (Wildman–Crippen LogP) is 0.809. The summed E-state index contributed by atoms with van der Waals surface area (Å²) >= 11 is 3.21. The van der Waals surface area contributed by atoms with Crippen molar-refractivity contribution in [2.45, 2.75) is 24.2 Å². The second-order valence-corrected chi connectivity index (χ2v) is 6.83. The first-order valence-electron chi connectivity index (χ1n) is 5.92. The number of nitrogen functional groups attached to an aromatic ring is 1. The molecule has 0 amide bonds. The van der Waals surface area contributed by atoms with E-state index in [1.165, 1.54) is 12.3 Å². The Morgan fingerprint density at radius 2 is 2.00 bits per heavy atom. The molecule has 19 heavy (non-hydrogen) atoms. The molecule has 1 aliphatic rings. The van der Waals surface area contributed by atoms with Crippen molar-refractivity contribution in [2.75, 3.05) is 18.5 Å². The van der Waals surface area contributed by atoms with E-state index in [-0.39, 0.29) is 10.7 Å². The molecule has 0 aliphatic carbocycles. The number of hydrogen-bond acceptors (Lipinski definition) is 6. The largest absolute Gasteiger partial charge is 0.307 e. The minimum absolute atomic E-state index is 0.0231. The van der Waals surface area contributed by atoms with E-state index in [0.717, 1.165) is 19.3 Å². The van der Waals surface area contributed by atoms with Gasteiger partial charge in [-0.25, -0.2) is 24.3 Å². The van der Waals surface area contributed by atoms with Gasteiger partial charge in [0.2, 0.25) is 0 Å². The van der Waals surface area contributed by atoms with E-state index in [4.69, 9.17) is 5.84 Å². The summed E-state index contributed by atoms with van der Waals surface area (Å²) in [4.78, 5) is 6.52. The van der Waals surface area contributed by atoms with Crippen molar-refractivity contribution in [2.24, 2.45) is 5.84 Å². The maximum atomic E-state index is 12.3. The number of anilines is 1. The van der Waals surface area contributed by atoms with Gasteiger partial charge in [-0.05, 0) is 34.8 Å². The third-order valence-electron chi connectivity index (χ3n) is 2.85. The SMILES string of the molecule is NNc1ncc(Br)cc1S(=O)(=O)NN1CCCCC1. The molecule has 0 radical (unpaired) electrons. The number of halogens is 1. The van der Waals surface area contributed by atoms with Crippen molar-refractivity contribution in [3.8, 4) is 0 Å². The molecule has 0 atom stereocenters. The first-order valence-corrected chi connectivity index (χ1v) is 8.20. The van der Waals surface area contributed by atoms with Crippen molar-refractivity contribution in [1.82, 2.24) is 14.8 Å². The Balaban J connectivity index is 2.25. The minimum atomic E-state index is -3.68. The highest BCUT2D eigenvalue weighted by Gasteiger charge is 2.23. The standard InChI is InChI=1S/C10H16BrN5O2S/c11-8-6-9(10(14-12)13-7-8)19(17,18)15-16-4-2-1-3-5-16/h6-7,15H,1-5,12H2,(H,13,14). The molecule has 1 fully saturated rings. The zero-order chi connectivity index (χ0) is 13.9. The fourth-order valence-corrected chi connectivity index (χ4v) is 3.69. The highest BCUT2D eigenvalue weighted by Crippen LogP contribution is 2.22.